The molecule has 0 bridgehead atoms. The maximum absolute atomic E-state index is 13.2. The number of benzene rings is 2. The van der Waals surface area contributed by atoms with Gasteiger partial charge >= 0.3 is 5.97 Å². The van der Waals surface area contributed by atoms with Crippen LogP contribution in [0.3, 0.4) is 0 Å². The van der Waals surface area contributed by atoms with Gasteiger partial charge in [0, 0.05) is 18.0 Å². The fourth-order valence-electron chi connectivity index (χ4n) is 3.87. The number of methoxy groups -OCH3 is 1. The predicted octanol–water partition coefficient (Wildman–Crippen LogP) is 4.99. The van der Waals surface area contributed by atoms with Crippen LogP contribution in [0.2, 0.25) is 0 Å². The minimum absolute atomic E-state index is 0.00183. The van der Waals surface area contributed by atoms with Crippen LogP contribution in [0.15, 0.2) is 59.8 Å². The van der Waals surface area contributed by atoms with Crippen molar-refractivity contribution >= 4 is 11.9 Å². The molecule has 1 amide bonds. The van der Waals surface area contributed by atoms with Crippen molar-refractivity contribution in [3.8, 4) is 5.75 Å². The van der Waals surface area contributed by atoms with Gasteiger partial charge in [-0.1, -0.05) is 50.2 Å². The van der Waals surface area contributed by atoms with Gasteiger partial charge in [0.2, 0.25) is 5.91 Å². The molecule has 1 atom stereocenters. The lowest BCUT2D eigenvalue weighted by molar-refractivity contribution is -0.141. The third-order valence-corrected chi connectivity index (χ3v) is 5.70. The van der Waals surface area contributed by atoms with E-state index in [1.807, 2.05) is 76.2 Å². The number of ether oxygens (including phenoxy) is 2. The molecule has 3 rings (SSSR count). The number of aryl methyl sites for hydroxylation is 1. The normalized spacial score (nSPS) is 16.6. The SMILES string of the molecule is COc1ccc([C@@H]2CC(=O)N(Cc3ccccc3C)C(C)=C2C(=O)OCC(C)C)cc1. The number of hydrogen-bond acceptors (Lipinski definition) is 4. The molecule has 1 aliphatic heterocycles. The van der Waals surface area contributed by atoms with E-state index in [4.69, 9.17) is 9.47 Å². The van der Waals surface area contributed by atoms with Crippen LogP contribution < -0.4 is 4.74 Å². The van der Waals surface area contributed by atoms with Gasteiger partial charge in [-0.05, 0) is 48.6 Å². The maximum atomic E-state index is 13.2. The Morgan fingerprint density at radius 3 is 2.39 bits per heavy atom. The van der Waals surface area contributed by atoms with Crippen molar-refractivity contribution in [3.05, 3.63) is 76.5 Å². The van der Waals surface area contributed by atoms with E-state index in [2.05, 4.69) is 0 Å². The van der Waals surface area contributed by atoms with Gasteiger partial charge in [0.05, 0.1) is 25.8 Å². The predicted molar refractivity (Wildman–Crippen MR) is 121 cm³/mol. The number of allylic oxidation sites excluding steroid dienone is 1. The maximum Gasteiger partial charge on any atom is 0.336 e. The summed E-state index contributed by atoms with van der Waals surface area (Å²) >= 11 is 0. The molecular weight excluding hydrogens is 390 g/mol. The largest absolute Gasteiger partial charge is 0.497 e. The molecule has 0 aliphatic carbocycles. The molecule has 5 heteroatoms. The van der Waals surface area contributed by atoms with E-state index in [1.54, 1.807) is 12.0 Å². The molecule has 0 N–H and O–H groups in total. The van der Waals surface area contributed by atoms with E-state index in [1.165, 1.54) is 0 Å². The third kappa shape index (κ3) is 5.16. The van der Waals surface area contributed by atoms with Crippen molar-refractivity contribution in [3.63, 3.8) is 0 Å². The van der Waals surface area contributed by atoms with Crippen molar-refractivity contribution in [1.29, 1.82) is 0 Å². The second kappa shape index (κ2) is 9.82. The number of rotatable bonds is 7. The molecule has 0 aromatic heterocycles. The zero-order chi connectivity index (χ0) is 22.5. The van der Waals surface area contributed by atoms with Crippen LogP contribution in [-0.2, 0) is 20.9 Å². The summed E-state index contributed by atoms with van der Waals surface area (Å²) in [6, 6.07) is 15.5. The molecule has 0 fully saturated rings. The number of esters is 1. The highest BCUT2D eigenvalue weighted by Gasteiger charge is 2.37. The molecule has 0 saturated carbocycles. The summed E-state index contributed by atoms with van der Waals surface area (Å²) in [5.41, 5.74) is 4.30. The molecule has 5 nitrogen and oxygen atoms in total. The van der Waals surface area contributed by atoms with Crippen LogP contribution in [-0.4, -0.2) is 30.5 Å². The van der Waals surface area contributed by atoms with Crippen LogP contribution in [0.25, 0.3) is 0 Å². The highest BCUT2D eigenvalue weighted by atomic mass is 16.5. The summed E-state index contributed by atoms with van der Waals surface area (Å²) in [7, 11) is 1.61. The Kier molecular flexibility index (Phi) is 7.16. The first-order valence-corrected chi connectivity index (χ1v) is 10.7. The Balaban J connectivity index is 2.01. The van der Waals surface area contributed by atoms with Crippen LogP contribution in [0, 0.1) is 12.8 Å². The first-order chi connectivity index (χ1) is 14.8. The van der Waals surface area contributed by atoms with Gasteiger partial charge in [0.1, 0.15) is 5.75 Å². The smallest absolute Gasteiger partial charge is 0.336 e. The number of carbonyl (C=O) groups excluding carboxylic acids is 2. The van der Waals surface area contributed by atoms with Gasteiger partial charge in [-0.2, -0.15) is 0 Å². The number of hydrogen-bond donors (Lipinski definition) is 0. The van der Waals surface area contributed by atoms with Crippen LogP contribution in [0.4, 0.5) is 0 Å². The fourth-order valence-corrected chi connectivity index (χ4v) is 3.87. The van der Waals surface area contributed by atoms with Crippen molar-refractivity contribution < 1.29 is 19.1 Å². The summed E-state index contributed by atoms with van der Waals surface area (Å²) in [5.74, 6) is 0.275. The summed E-state index contributed by atoms with van der Waals surface area (Å²) in [4.78, 5) is 28.0. The Labute approximate surface area is 184 Å². The highest BCUT2D eigenvalue weighted by molar-refractivity contribution is 5.95. The molecular formula is C26H31NO4. The molecule has 0 unspecified atom stereocenters. The number of nitrogens with zero attached hydrogens (tertiary/aromatic N) is 1. The third-order valence-electron chi connectivity index (χ3n) is 5.70. The summed E-state index contributed by atoms with van der Waals surface area (Å²) in [5, 5.41) is 0. The lowest BCUT2D eigenvalue weighted by atomic mass is 9.83. The number of carbonyl (C=O) groups is 2. The Bertz CT molecular complexity index is 975. The lowest BCUT2D eigenvalue weighted by Crippen LogP contribution is -2.38. The minimum atomic E-state index is -0.352. The molecule has 164 valence electrons. The van der Waals surface area contributed by atoms with Crippen LogP contribution in [0.5, 0.6) is 5.75 Å². The quantitative estimate of drug-likeness (QED) is 0.591. The van der Waals surface area contributed by atoms with Crippen LogP contribution in [0.1, 0.15) is 49.8 Å². The molecule has 1 heterocycles. The van der Waals surface area contributed by atoms with Crippen molar-refractivity contribution in [2.45, 2.75) is 46.6 Å². The second-order valence-corrected chi connectivity index (χ2v) is 8.43. The average molecular weight is 422 g/mol. The minimum Gasteiger partial charge on any atom is -0.497 e. The standard InChI is InChI=1S/C26H31NO4/c1-17(2)16-31-26(29)25-19(4)27(15-21-9-7-6-8-18(21)3)24(28)14-23(25)20-10-12-22(30-5)13-11-20/h6-13,17,23H,14-16H2,1-5H3/t23-/m0/s1. The summed E-state index contributed by atoms with van der Waals surface area (Å²) in [6.45, 7) is 8.66. The molecule has 0 spiro atoms. The van der Waals surface area contributed by atoms with Gasteiger partial charge in [-0.3, -0.25) is 4.79 Å². The zero-order valence-electron chi connectivity index (χ0n) is 19.0. The molecule has 0 saturated heterocycles. The zero-order valence-corrected chi connectivity index (χ0v) is 19.0. The van der Waals surface area contributed by atoms with Gasteiger partial charge in [0.25, 0.3) is 0 Å². The Hall–Kier alpha value is -3.08. The van der Waals surface area contributed by atoms with Crippen LogP contribution >= 0.6 is 0 Å². The van der Waals surface area contributed by atoms with Gasteiger partial charge in [0.15, 0.2) is 0 Å². The average Bonchev–Trinajstić information content (AvgIpc) is 2.75. The molecule has 2 aromatic carbocycles. The van der Waals surface area contributed by atoms with E-state index in [-0.39, 0.29) is 30.1 Å². The Morgan fingerprint density at radius 1 is 1.10 bits per heavy atom. The van der Waals surface area contributed by atoms with E-state index >= 15 is 0 Å². The fraction of sp³-hybridized carbons (Fsp3) is 0.385. The van der Waals surface area contributed by atoms with Crippen molar-refractivity contribution in [2.75, 3.05) is 13.7 Å². The summed E-state index contributed by atoms with van der Waals surface area (Å²) in [6.07, 6.45) is 0.224. The molecule has 1 aliphatic rings. The second-order valence-electron chi connectivity index (χ2n) is 8.43. The first kappa shape index (κ1) is 22.6. The highest BCUT2D eigenvalue weighted by Crippen LogP contribution is 2.38. The van der Waals surface area contributed by atoms with E-state index < -0.39 is 0 Å². The van der Waals surface area contributed by atoms with E-state index in [0.717, 1.165) is 22.4 Å². The first-order valence-electron chi connectivity index (χ1n) is 10.7. The van der Waals surface area contributed by atoms with Gasteiger partial charge in [-0.25, -0.2) is 4.79 Å². The monoisotopic (exact) mass is 421 g/mol. The van der Waals surface area contributed by atoms with E-state index in [0.29, 0.717) is 24.4 Å². The Morgan fingerprint density at radius 2 is 1.77 bits per heavy atom. The molecule has 0 radical (unpaired) electrons. The van der Waals surface area contributed by atoms with E-state index in [9.17, 15) is 9.59 Å². The molecule has 2 aromatic rings. The van der Waals surface area contributed by atoms with Gasteiger partial charge in [-0.15, -0.1) is 0 Å². The van der Waals surface area contributed by atoms with Crippen molar-refractivity contribution in [2.24, 2.45) is 5.92 Å². The topological polar surface area (TPSA) is 55.8 Å². The van der Waals surface area contributed by atoms with Gasteiger partial charge < -0.3 is 14.4 Å². The lowest BCUT2D eigenvalue weighted by Gasteiger charge is -2.35. The summed E-state index contributed by atoms with van der Waals surface area (Å²) < 4.78 is 10.9. The number of amides is 1. The van der Waals surface area contributed by atoms with Crippen molar-refractivity contribution in [1.82, 2.24) is 4.90 Å². The molecule has 31 heavy (non-hydrogen) atoms.